The SMILES string of the molecule is Fc1ccc(C2CNc3cc(Br)ccc3O2)cc1Cl. The van der Waals surface area contributed by atoms with Gasteiger partial charge < -0.3 is 10.1 Å². The Labute approximate surface area is 123 Å². The van der Waals surface area contributed by atoms with E-state index in [1.807, 2.05) is 18.2 Å². The Morgan fingerprint density at radius 2 is 2.11 bits per heavy atom. The third kappa shape index (κ3) is 2.55. The smallest absolute Gasteiger partial charge is 0.143 e. The largest absolute Gasteiger partial charge is 0.482 e. The van der Waals surface area contributed by atoms with Crippen LogP contribution in [-0.2, 0) is 0 Å². The van der Waals surface area contributed by atoms with E-state index in [0.29, 0.717) is 6.54 Å². The first-order valence-corrected chi connectivity index (χ1v) is 6.95. The molecule has 98 valence electrons. The zero-order valence-electron chi connectivity index (χ0n) is 9.79. The highest BCUT2D eigenvalue weighted by Gasteiger charge is 2.21. The number of rotatable bonds is 1. The van der Waals surface area contributed by atoms with Crippen molar-refractivity contribution in [2.24, 2.45) is 0 Å². The molecule has 0 amide bonds. The number of benzene rings is 2. The van der Waals surface area contributed by atoms with E-state index >= 15 is 0 Å². The van der Waals surface area contributed by atoms with Crippen molar-refractivity contribution in [3.8, 4) is 5.75 Å². The quantitative estimate of drug-likeness (QED) is 0.805. The van der Waals surface area contributed by atoms with Crippen LogP contribution in [0.3, 0.4) is 0 Å². The fraction of sp³-hybridized carbons (Fsp3) is 0.143. The number of fused-ring (bicyclic) bond motifs is 1. The highest BCUT2D eigenvalue weighted by molar-refractivity contribution is 9.10. The fourth-order valence-corrected chi connectivity index (χ4v) is 2.59. The summed E-state index contributed by atoms with van der Waals surface area (Å²) in [5, 5.41) is 3.41. The number of halogens is 3. The summed E-state index contributed by atoms with van der Waals surface area (Å²) in [5.74, 6) is 0.360. The molecule has 0 radical (unpaired) electrons. The summed E-state index contributed by atoms with van der Waals surface area (Å²) in [7, 11) is 0. The molecular weight excluding hydrogens is 333 g/mol. The lowest BCUT2D eigenvalue weighted by atomic mass is 10.1. The van der Waals surface area contributed by atoms with E-state index in [9.17, 15) is 4.39 Å². The third-order valence-corrected chi connectivity index (χ3v) is 3.79. The molecule has 1 atom stereocenters. The van der Waals surface area contributed by atoms with Gasteiger partial charge in [-0.1, -0.05) is 33.6 Å². The van der Waals surface area contributed by atoms with Gasteiger partial charge in [0, 0.05) is 4.47 Å². The van der Waals surface area contributed by atoms with Crippen LogP contribution < -0.4 is 10.1 Å². The molecule has 0 aromatic heterocycles. The topological polar surface area (TPSA) is 21.3 Å². The summed E-state index contributed by atoms with van der Waals surface area (Å²) in [4.78, 5) is 0. The van der Waals surface area contributed by atoms with Crippen LogP contribution in [0.2, 0.25) is 5.02 Å². The Morgan fingerprint density at radius 1 is 1.26 bits per heavy atom. The fourth-order valence-electron chi connectivity index (χ4n) is 2.04. The van der Waals surface area contributed by atoms with Gasteiger partial charge in [-0.05, 0) is 35.9 Å². The first-order valence-electron chi connectivity index (χ1n) is 5.78. The Balaban J connectivity index is 1.89. The Bertz CT molecular complexity index is 635. The molecule has 1 N–H and O–H groups in total. The van der Waals surface area contributed by atoms with Crippen LogP contribution in [0.5, 0.6) is 5.75 Å². The van der Waals surface area contributed by atoms with Crippen LogP contribution in [0.15, 0.2) is 40.9 Å². The number of nitrogens with one attached hydrogen (secondary N) is 1. The van der Waals surface area contributed by atoms with Gasteiger partial charge in [0.2, 0.25) is 0 Å². The molecule has 1 aliphatic heterocycles. The van der Waals surface area contributed by atoms with E-state index in [-0.39, 0.29) is 11.1 Å². The van der Waals surface area contributed by atoms with Gasteiger partial charge in [-0.25, -0.2) is 4.39 Å². The van der Waals surface area contributed by atoms with Gasteiger partial charge in [-0.15, -0.1) is 0 Å². The minimum absolute atomic E-state index is 0.114. The van der Waals surface area contributed by atoms with E-state index in [2.05, 4.69) is 21.2 Å². The van der Waals surface area contributed by atoms with Crippen LogP contribution in [0.1, 0.15) is 11.7 Å². The van der Waals surface area contributed by atoms with Gasteiger partial charge in [0.25, 0.3) is 0 Å². The molecule has 2 aromatic carbocycles. The predicted octanol–water partition coefficient (Wildman–Crippen LogP) is 4.79. The number of hydrogen-bond donors (Lipinski definition) is 1. The van der Waals surface area contributed by atoms with E-state index in [0.717, 1.165) is 21.5 Å². The van der Waals surface area contributed by atoms with Crippen molar-refractivity contribution < 1.29 is 9.13 Å². The Hall–Kier alpha value is -1.26. The Morgan fingerprint density at radius 3 is 2.89 bits per heavy atom. The van der Waals surface area contributed by atoms with Gasteiger partial charge in [0.15, 0.2) is 0 Å². The van der Waals surface area contributed by atoms with Crippen LogP contribution in [0.25, 0.3) is 0 Å². The first kappa shape index (κ1) is 12.8. The first-order chi connectivity index (χ1) is 9.13. The molecule has 2 aromatic rings. The van der Waals surface area contributed by atoms with Gasteiger partial charge in [0.05, 0.1) is 17.3 Å². The Kier molecular flexibility index (Phi) is 3.37. The summed E-state index contributed by atoms with van der Waals surface area (Å²) in [6.07, 6.45) is -0.174. The molecule has 19 heavy (non-hydrogen) atoms. The average molecular weight is 343 g/mol. The second kappa shape index (κ2) is 5.02. The molecule has 1 unspecified atom stereocenters. The summed E-state index contributed by atoms with van der Waals surface area (Å²) in [5.41, 5.74) is 1.80. The van der Waals surface area contributed by atoms with Crippen LogP contribution in [0.4, 0.5) is 10.1 Å². The molecule has 5 heteroatoms. The van der Waals surface area contributed by atoms with Crippen molar-refractivity contribution in [3.05, 3.63) is 57.3 Å². The molecule has 1 aliphatic rings. The van der Waals surface area contributed by atoms with E-state index < -0.39 is 5.82 Å². The molecule has 2 nitrogen and oxygen atoms in total. The summed E-state index contributed by atoms with van der Waals surface area (Å²) < 4.78 is 20.1. The maximum atomic E-state index is 13.2. The van der Waals surface area contributed by atoms with Gasteiger partial charge in [-0.3, -0.25) is 0 Å². The highest BCUT2D eigenvalue weighted by Crippen LogP contribution is 2.36. The van der Waals surface area contributed by atoms with Crippen molar-refractivity contribution >= 4 is 33.2 Å². The van der Waals surface area contributed by atoms with Crippen molar-refractivity contribution in [2.75, 3.05) is 11.9 Å². The van der Waals surface area contributed by atoms with E-state index in [1.165, 1.54) is 6.07 Å². The van der Waals surface area contributed by atoms with Gasteiger partial charge in [0.1, 0.15) is 17.7 Å². The lowest BCUT2D eigenvalue weighted by molar-refractivity contribution is 0.210. The number of ether oxygens (including phenoxy) is 1. The van der Waals surface area contributed by atoms with Crippen LogP contribution in [-0.4, -0.2) is 6.54 Å². The monoisotopic (exact) mass is 341 g/mol. The standard InChI is InChI=1S/C14H10BrClFNO/c15-9-2-4-13-12(6-9)18-7-14(19-13)8-1-3-11(17)10(16)5-8/h1-6,14,18H,7H2. The summed E-state index contributed by atoms with van der Waals surface area (Å²) >= 11 is 9.21. The molecular formula is C14H10BrClFNO. The second-order valence-electron chi connectivity index (χ2n) is 4.30. The maximum absolute atomic E-state index is 13.2. The molecule has 0 saturated heterocycles. The van der Waals surface area contributed by atoms with E-state index in [1.54, 1.807) is 12.1 Å². The van der Waals surface area contributed by atoms with E-state index in [4.69, 9.17) is 16.3 Å². The minimum atomic E-state index is -0.418. The lowest BCUT2D eigenvalue weighted by Crippen LogP contribution is -2.23. The molecule has 0 aliphatic carbocycles. The predicted molar refractivity (Wildman–Crippen MR) is 77.4 cm³/mol. The molecule has 0 bridgehead atoms. The van der Waals surface area contributed by atoms with Crippen molar-refractivity contribution in [3.63, 3.8) is 0 Å². The van der Waals surface area contributed by atoms with Crippen molar-refractivity contribution in [2.45, 2.75) is 6.10 Å². The van der Waals surface area contributed by atoms with Crippen molar-refractivity contribution in [1.82, 2.24) is 0 Å². The third-order valence-electron chi connectivity index (χ3n) is 3.00. The van der Waals surface area contributed by atoms with Crippen molar-refractivity contribution in [1.29, 1.82) is 0 Å². The number of anilines is 1. The second-order valence-corrected chi connectivity index (χ2v) is 5.62. The van der Waals surface area contributed by atoms with Gasteiger partial charge in [-0.2, -0.15) is 0 Å². The average Bonchev–Trinajstić information content (AvgIpc) is 2.41. The molecule has 0 saturated carbocycles. The highest BCUT2D eigenvalue weighted by atomic mass is 79.9. The van der Waals surface area contributed by atoms with Gasteiger partial charge >= 0.3 is 0 Å². The van der Waals surface area contributed by atoms with Crippen LogP contribution >= 0.6 is 27.5 Å². The number of hydrogen-bond acceptors (Lipinski definition) is 2. The van der Waals surface area contributed by atoms with Crippen LogP contribution in [0, 0.1) is 5.82 Å². The molecule has 3 rings (SSSR count). The maximum Gasteiger partial charge on any atom is 0.143 e. The molecule has 0 fully saturated rings. The summed E-state index contributed by atoms with van der Waals surface area (Å²) in [6.45, 7) is 0.616. The zero-order chi connectivity index (χ0) is 13.4. The summed E-state index contributed by atoms with van der Waals surface area (Å²) in [6, 6.07) is 10.4. The zero-order valence-corrected chi connectivity index (χ0v) is 12.1. The molecule has 1 heterocycles. The molecule has 0 spiro atoms. The normalized spacial score (nSPS) is 17.3. The minimum Gasteiger partial charge on any atom is -0.482 e. The lowest BCUT2D eigenvalue weighted by Gasteiger charge is -2.28.